The van der Waals surface area contributed by atoms with Crippen molar-refractivity contribution in [1.82, 2.24) is 15.2 Å². The van der Waals surface area contributed by atoms with Crippen molar-refractivity contribution in [1.29, 1.82) is 0 Å². The number of hydrogen-bond donors (Lipinski definition) is 2. The lowest BCUT2D eigenvalue weighted by molar-refractivity contribution is -0.0886. The fraction of sp³-hybridized carbons (Fsp3) is 0.786. The molecule has 19 heavy (non-hydrogen) atoms. The summed E-state index contributed by atoms with van der Waals surface area (Å²) in [6, 6.07) is 2.55. The zero-order valence-electron chi connectivity index (χ0n) is 12.2. The number of ether oxygens (including phenoxy) is 1. The Labute approximate surface area is 115 Å². The molecule has 1 saturated heterocycles. The molecule has 0 amide bonds. The molecule has 2 heterocycles. The number of nitrogens with zero attached hydrogens (tertiary/aromatic N) is 2. The van der Waals surface area contributed by atoms with Gasteiger partial charge in [-0.25, -0.2) is 0 Å². The van der Waals surface area contributed by atoms with Crippen molar-refractivity contribution in [3.8, 4) is 0 Å². The molecule has 0 aromatic carbocycles. The van der Waals surface area contributed by atoms with Gasteiger partial charge in [-0.05, 0) is 46.1 Å². The van der Waals surface area contributed by atoms with Crippen LogP contribution < -0.4 is 11.3 Å². The van der Waals surface area contributed by atoms with Crippen molar-refractivity contribution >= 4 is 0 Å². The molecule has 1 aliphatic heterocycles. The molecule has 5 nitrogen and oxygen atoms in total. The van der Waals surface area contributed by atoms with Gasteiger partial charge in [0.25, 0.3) is 0 Å². The molecule has 0 radical (unpaired) electrons. The molecule has 0 spiro atoms. The Balaban J connectivity index is 2.05. The first-order chi connectivity index (χ1) is 9.05. The highest BCUT2D eigenvalue weighted by Crippen LogP contribution is 2.29. The highest BCUT2D eigenvalue weighted by Gasteiger charge is 2.36. The van der Waals surface area contributed by atoms with Gasteiger partial charge in [-0.1, -0.05) is 0 Å². The molecule has 1 fully saturated rings. The first-order valence-corrected chi connectivity index (χ1v) is 7.19. The fourth-order valence-corrected chi connectivity index (χ4v) is 2.66. The number of nitrogens with two attached hydrogens (primary N) is 1. The summed E-state index contributed by atoms with van der Waals surface area (Å²) in [5.41, 5.74) is 3.80. The van der Waals surface area contributed by atoms with E-state index >= 15 is 0 Å². The van der Waals surface area contributed by atoms with E-state index in [-0.39, 0.29) is 11.6 Å². The lowest BCUT2D eigenvalue weighted by Crippen LogP contribution is -2.55. The monoisotopic (exact) mass is 266 g/mol. The van der Waals surface area contributed by atoms with Gasteiger partial charge in [-0.15, -0.1) is 0 Å². The maximum atomic E-state index is 5.97. The summed E-state index contributed by atoms with van der Waals surface area (Å²) in [7, 11) is 0. The lowest BCUT2D eigenvalue weighted by Gasteiger charge is -2.40. The maximum Gasteiger partial charge on any atom is 0.0824 e. The normalized spacial score (nSPS) is 25.7. The van der Waals surface area contributed by atoms with Crippen LogP contribution in [0.4, 0.5) is 0 Å². The van der Waals surface area contributed by atoms with Crippen molar-refractivity contribution in [3.05, 3.63) is 18.0 Å². The summed E-state index contributed by atoms with van der Waals surface area (Å²) >= 11 is 0. The summed E-state index contributed by atoms with van der Waals surface area (Å²) < 4.78 is 7.95. The Bertz CT molecular complexity index is 396. The van der Waals surface area contributed by atoms with Crippen LogP contribution in [0, 0.1) is 0 Å². The van der Waals surface area contributed by atoms with Crippen LogP contribution in [0.3, 0.4) is 0 Å². The molecule has 0 aliphatic carbocycles. The minimum atomic E-state index is -0.186. The second-order valence-electron chi connectivity index (χ2n) is 5.92. The highest BCUT2D eigenvalue weighted by atomic mass is 16.5. The first kappa shape index (κ1) is 14.5. The van der Waals surface area contributed by atoms with Gasteiger partial charge in [0.2, 0.25) is 0 Å². The van der Waals surface area contributed by atoms with Crippen molar-refractivity contribution in [2.24, 2.45) is 5.84 Å². The highest BCUT2D eigenvalue weighted by molar-refractivity contribution is 5.05. The molecular formula is C14H26N4O. The van der Waals surface area contributed by atoms with Gasteiger partial charge in [0, 0.05) is 25.3 Å². The third-order valence-electron chi connectivity index (χ3n) is 4.04. The number of hydrogen-bond acceptors (Lipinski definition) is 4. The van der Waals surface area contributed by atoms with Gasteiger partial charge in [-0.3, -0.25) is 16.0 Å². The molecule has 2 atom stereocenters. The molecular weight excluding hydrogens is 240 g/mol. The van der Waals surface area contributed by atoms with Crippen LogP contribution in [-0.4, -0.2) is 28.0 Å². The Morgan fingerprint density at radius 2 is 2.32 bits per heavy atom. The Morgan fingerprint density at radius 1 is 1.53 bits per heavy atom. The van der Waals surface area contributed by atoms with Gasteiger partial charge < -0.3 is 4.74 Å². The van der Waals surface area contributed by atoms with Gasteiger partial charge in [0.1, 0.15) is 0 Å². The molecule has 1 aliphatic rings. The average Bonchev–Trinajstić information content (AvgIpc) is 2.85. The van der Waals surface area contributed by atoms with E-state index in [1.807, 2.05) is 10.9 Å². The molecule has 2 rings (SSSR count). The topological polar surface area (TPSA) is 65.1 Å². The maximum absolute atomic E-state index is 5.97. The molecule has 3 N–H and O–H groups in total. The van der Waals surface area contributed by atoms with E-state index in [2.05, 4.69) is 37.4 Å². The van der Waals surface area contributed by atoms with Crippen LogP contribution in [0.2, 0.25) is 0 Å². The second kappa shape index (κ2) is 6.03. The number of rotatable bonds is 5. The van der Waals surface area contributed by atoms with Crippen LogP contribution in [0.15, 0.2) is 12.3 Å². The Hall–Kier alpha value is -0.910. The number of nitrogens with one attached hydrogen (secondary N) is 1. The average molecular weight is 266 g/mol. The SMILES string of the molecule is CC(C)n1ccc(CC(NN)C2(C)CCCCO2)n1. The van der Waals surface area contributed by atoms with Crippen LogP contribution >= 0.6 is 0 Å². The molecule has 108 valence electrons. The summed E-state index contributed by atoms with van der Waals surface area (Å²) in [5.74, 6) is 5.74. The van der Waals surface area contributed by atoms with E-state index in [9.17, 15) is 0 Å². The predicted octanol–water partition coefficient (Wildman–Crippen LogP) is 1.80. The van der Waals surface area contributed by atoms with Crippen molar-refractivity contribution < 1.29 is 4.74 Å². The lowest BCUT2D eigenvalue weighted by atomic mass is 9.86. The van der Waals surface area contributed by atoms with E-state index in [0.29, 0.717) is 6.04 Å². The standard InChI is InChI=1S/C14H26N4O/c1-11(2)18-8-6-12(17-18)10-13(16-15)14(3)7-4-5-9-19-14/h6,8,11,13,16H,4-5,7,9-10,15H2,1-3H3. The molecule has 0 saturated carbocycles. The zero-order valence-corrected chi connectivity index (χ0v) is 12.2. The summed E-state index contributed by atoms with van der Waals surface area (Å²) in [6.07, 6.45) is 6.22. The number of hydrazine groups is 1. The van der Waals surface area contributed by atoms with E-state index in [4.69, 9.17) is 10.6 Å². The van der Waals surface area contributed by atoms with Crippen molar-refractivity contribution in [2.75, 3.05) is 6.61 Å². The van der Waals surface area contributed by atoms with Crippen LogP contribution in [-0.2, 0) is 11.2 Å². The Kier molecular flexibility index (Phi) is 4.60. The van der Waals surface area contributed by atoms with E-state index in [1.54, 1.807) is 0 Å². The van der Waals surface area contributed by atoms with Gasteiger partial charge >= 0.3 is 0 Å². The van der Waals surface area contributed by atoms with E-state index in [1.165, 1.54) is 6.42 Å². The van der Waals surface area contributed by atoms with Gasteiger partial charge in [-0.2, -0.15) is 5.10 Å². The molecule has 0 bridgehead atoms. The first-order valence-electron chi connectivity index (χ1n) is 7.19. The third kappa shape index (κ3) is 3.35. The largest absolute Gasteiger partial charge is 0.374 e. The smallest absolute Gasteiger partial charge is 0.0824 e. The minimum absolute atomic E-state index is 0.100. The van der Waals surface area contributed by atoms with Gasteiger partial charge in [0.15, 0.2) is 0 Å². The van der Waals surface area contributed by atoms with Crippen LogP contribution in [0.1, 0.15) is 51.8 Å². The predicted molar refractivity (Wildman–Crippen MR) is 75.6 cm³/mol. The molecule has 2 unspecified atom stereocenters. The van der Waals surface area contributed by atoms with Crippen molar-refractivity contribution in [3.63, 3.8) is 0 Å². The third-order valence-corrected chi connectivity index (χ3v) is 4.04. The quantitative estimate of drug-likeness (QED) is 0.630. The zero-order chi connectivity index (χ0) is 13.9. The van der Waals surface area contributed by atoms with E-state index < -0.39 is 0 Å². The Morgan fingerprint density at radius 3 is 2.84 bits per heavy atom. The summed E-state index contributed by atoms with van der Waals surface area (Å²) in [5, 5.41) is 4.59. The molecule has 5 heteroatoms. The van der Waals surface area contributed by atoms with E-state index in [0.717, 1.165) is 31.6 Å². The number of aromatic nitrogens is 2. The van der Waals surface area contributed by atoms with Crippen LogP contribution in [0.5, 0.6) is 0 Å². The fourth-order valence-electron chi connectivity index (χ4n) is 2.66. The van der Waals surface area contributed by atoms with Gasteiger partial charge in [0.05, 0.1) is 17.3 Å². The molecule has 1 aromatic heterocycles. The summed E-state index contributed by atoms with van der Waals surface area (Å²) in [6.45, 7) is 7.23. The van der Waals surface area contributed by atoms with Crippen molar-refractivity contribution in [2.45, 2.75) is 64.1 Å². The summed E-state index contributed by atoms with van der Waals surface area (Å²) in [4.78, 5) is 0. The second-order valence-corrected chi connectivity index (χ2v) is 5.92. The minimum Gasteiger partial charge on any atom is -0.374 e. The van der Waals surface area contributed by atoms with Crippen LogP contribution in [0.25, 0.3) is 0 Å². The molecule has 1 aromatic rings.